The number of halogens is 1. The number of carbonyl (C=O) groups excluding carboxylic acids is 3. The van der Waals surface area contributed by atoms with Crippen LogP contribution in [0, 0.1) is 0 Å². The summed E-state index contributed by atoms with van der Waals surface area (Å²) in [5.41, 5.74) is 4.48. The Kier molecular flexibility index (Phi) is 5.77. The first-order chi connectivity index (χ1) is 13.0. The molecule has 0 saturated carbocycles. The first kappa shape index (κ1) is 18.5. The minimum absolute atomic E-state index is 0.000208. The number of ether oxygens (including phenoxy) is 3. The van der Waals surface area contributed by atoms with Crippen LogP contribution in [0.2, 0.25) is 5.02 Å². The maximum Gasteiger partial charge on any atom is 0.340 e. The monoisotopic (exact) mass is 390 g/mol. The van der Waals surface area contributed by atoms with Gasteiger partial charge in [-0.15, -0.1) is 0 Å². The summed E-state index contributed by atoms with van der Waals surface area (Å²) in [6.07, 6.45) is -0.925. The zero-order valence-corrected chi connectivity index (χ0v) is 14.7. The van der Waals surface area contributed by atoms with Crippen molar-refractivity contribution in [1.82, 2.24) is 10.9 Å². The second kappa shape index (κ2) is 8.41. The summed E-state index contributed by atoms with van der Waals surface area (Å²) in [6.45, 7) is -0.588. The van der Waals surface area contributed by atoms with Gasteiger partial charge in [0.25, 0.3) is 11.8 Å². The van der Waals surface area contributed by atoms with Crippen LogP contribution in [0.15, 0.2) is 48.5 Å². The van der Waals surface area contributed by atoms with Gasteiger partial charge in [-0.25, -0.2) is 4.79 Å². The molecule has 2 N–H and O–H groups in total. The molecule has 0 radical (unpaired) electrons. The average Bonchev–Trinajstić information content (AvgIpc) is 2.70. The topological polar surface area (TPSA) is 103 Å². The first-order valence-corrected chi connectivity index (χ1v) is 8.31. The molecule has 2 amide bonds. The summed E-state index contributed by atoms with van der Waals surface area (Å²) in [5.74, 6) is -1.10. The molecule has 1 atom stereocenters. The zero-order chi connectivity index (χ0) is 19.2. The Hall–Kier alpha value is -3.26. The van der Waals surface area contributed by atoms with Gasteiger partial charge >= 0.3 is 5.97 Å². The Morgan fingerprint density at radius 1 is 1.04 bits per heavy atom. The number of amides is 2. The van der Waals surface area contributed by atoms with Gasteiger partial charge < -0.3 is 14.2 Å². The van der Waals surface area contributed by atoms with Crippen molar-refractivity contribution in [2.24, 2.45) is 0 Å². The van der Waals surface area contributed by atoms with E-state index in [-0.39, 0.29) is 17.2 Å². The van der Waals surface area contributed by atoms with Crippen molar-refractivity contribution in [3.8, 4) is 11.5 Å². The Bertz CT molecular complexity index is 872. The Morgan fingerprint density at radius 3 is 2.52 bits per heavy atom. The van der Waals surface area contributed by atoms with Gasteiger partial charge in [0.1, 0.15) is 6.61 Å². The first-order valence-electron chi connectivity index (χ1n) is 7.93. The van der Waals surface area contributed by atoms with Gasteiger partial charge in [0.05, 0.1) is 10.6 Å². The largest absolute Gasteiger partial charge is 0.485 e. The van der Waals surface area contributed by atoms with Crippen LogP contribution in [0.5, 0.6) is 11.5 Å². The van der Waals surface area contributed by atoms with Crippen molar-refractivity contribution in [3.05, 3.63) is 59.1 Å². The fourth-order valence-corrected chi connectivity index (χ4v) is 2.45. The summed E-state index contributed by atoms with van der Waals surface area (Å²) in [5, 5.41) is 0.214. The third kappa shape index (κ3) is 4.68. The van der Waals surface area contributed by atoms with Crippen LogP contribution >= 0.6 is 11.6 Å². The lowest BCUT2D eigenvalue weighted by Gasteiger charge is -2.25. The van der Waals surface area contributed by atoms with Crippen LogP contribution < -0.4 is 20.3 Å². The SMILES string of the molecule is O=C(COC(=O)c1ccccc1Cl)NNC(=O)[C@@H]1COc2ccccc2O1. The van der Waals surface area contributed by atoms with Crippen LogP contribution in [0.4, 0.5) is 0 Å². The van der Waals surface area contributed by atoms with E-state index in [0.717, 1.165) is 0 Å². The van der Waals surface area contributed by atoms with Crippen molar-refractivity contribution >= 4 is 29.4 Å². The van der Waals surface area contributed by atoms with Crippen molar-refractivity contribution < 1.29 is 28.6 Å². The van der Waals surface area contributed by atoms with Crippen LogP contribution in [0.25, 0.3) is 0 Å². The van der Waals surface area contributed by atoms with Gasteiger partial charge in [-0.2, -0.15) is 0 Å². The fraction of sp³-hybridized carbons (Fsp3) is 0.167. The van der Waals surface area contributed by atoms with Crippen LogP contribution in [0.1, 0.15) is 10.4 Å². The van der Waals surface area contributed by atoms with Crippen LogP contribution in [-0.2, 0) is 14.3 Å². The number of rotatable bonds is 4. The molecule has 0 spiro atoms. The summed E-state index contributed by atoms with van der Waals surface area (Å²) in [6, 6.07) is 13.2. The number of benzene rings is 2. The molecule has 1 heterocycles. The molecule has 1 aliphatic heterocycles. The molecule has 0 bridgehead atoms. The minimum Gasteiger partial charge on any atom is -0.485 e. The summed E-state index contributed by atoms with van der Waals surface area (Å²) < 4.78 is 15.8. The van der Waals surface area contributed by atoms with Crippen LogP contribution in [0.3, 0.4) is 0 Å². The Morgan fingerprint density at radius 2 is 1.74 bits per heavy atom. The van der Waals surface area contributed by atoms with Gasteiger partial charge in [-0.1, -0.05) is 35.9 Å². The molecule has 140 valence electrons. The number of nitrogens with one attached hydrogen (secondary N) is 2. The van der Waals surface area contributed by atoms with E-state index in [2.05, 4.69) is 10.9 Å². The second-order valence-electron chi connectivity index (χ2n) is 5.46. The van der Waals surface area contributed by atoms with E-state index in [4.69, 9.17) is 25.8 Å². The summed E-state index contributed by atoms with van der Waals surface area (Å²) >= 11 is 5.87. The van der Waals surface area contributed by atoms with Crippen molar-refractivity contribution in [1.29, 1.82) is 0 Å². The zero-order valence-electron chi connectivity index (χ0n) is 13.9. The standard InChI is InChI=1S/C18H15ClN2O6/c19-12-6-2-1-5-11(12)18(24)26-10-16(22)20-21-17(23)15-9-25-13-7-3-4-8-14(13)27-15/h1-8,15H,9-10H2,(H,20,22)(H,21,23)/t15-/m0/s1. The van der Waals surface area contributed by atoms with E-state index in [1.807, 2.05) is 0 Å². The lowest BCUT2D eigenvalue weighted by atomic mass is 10.2. The molecule has 0 unspecified atom stereocenters. The quantitative estimate of drug-likeness (QED) is 0.605. The molecule has 2 aromatic rings. The van der Waals surface area contributed by atoms with E-state index in [1.54, 1.807) is 36.4 Å². The number of esters is 1. The minimum atomic E-state index is -0.925. The number of para-hydroxylation sites is 2. The molecular weight excluding hydrogens is 376 g/mol. The van der Waals surface area contributed by atoms with Gasteiger partial charge in [0.15, 0.2) is 18.1 Å². The molecule has 8 nitrogen and oxygen atoms in total. The van der Waals surface area contributed by atoms with Gasteiger partial charge in [0, 0.05) is 0 Å². The van der Waals surface area contributed by atoms with Gasteiger partial charge in [0.2, 0.25) is 6.10 Å². The molecule has 27 heavy (non-hydrogen) atoms. The number of hydrazine groups is 1. The average molecular weight is 391 g/mol. The highest BCUT2D eigenvalue weighted by molar-refractivity contribution is 6.33. The highest BCUT2D eigenvalue weighted by Gasteiger charge is 2.27. The highest BCUT2D eigenvalue weighted by atomic mass is 35.5. The molecular formula is C18H15ClN2O6. The number of carbonyl (C=O) groups is 3. The van der Waals surface area contributed by atoms with Gasteiger partial charge in [-0.05, 0) is 24.3 Å². The molecule has 3 rings (SSSR count). The van der Waals surface area contributed by atoms with E-state index in [9.17, 15) is 14.4 Å². The van der Waals surface area contributed by atoms with E-state index in [0.29, 0.717) is 11.5 Å². The predicted molar refractivity (Wildman–Crippen MR) is 94.4 cm³/mol. The molecule has 0 aromatic heterocycles. The smallest absolute Gasteiger partial charge is 0.340 e. The number of hydrogen-bond acceptors (Lipinski definition) is 6. The highest BCUT2D eigenvalue weighted by Crippen LogP contribution is 2.30. The summed E-state index contributed by atoms with van der Waals surface area (Å²) in [4.78, 5) is 35.7. The lowest BCUT2D eigenvalue weighted by Crippen LogP contribution is -2.51. The van der Waals surface area contributed by atoms with Gasteiger partial charge in [-0.3, -0.25) is 20.4 Å². The van der Waals surface area contributed by atoms with Crippen molar-refractivity contribution in [3.63, 3.8) is 0 Å². The fourth-order valence-electron chi connectivity index (χ4n) is 2.23. The van der Waals surface area contributed by atoms with E-state index in [1.165, 1.54) is 12.1 Å². The maximum absolute atomic E-state index is 12.1. The molecule has 0 fully saturated rings. The Balaban J connectivity index is 1.43. The maximum atomic E-state index is 12.1. The Labute approximate surface area is 159 Å². The van der Waals surface area contributed by atoms with E-state index >= 15 is 0 Å². The molecule has 9 heteroatoms. The predicted octanol–water partition coefficient (Wildman–Crippen LogP) is 1.48. The van der Waals surface area contributed by atoms with Crippen molar-refractivity contribution in [2.75, 3.05) is 13.2 Å². The third-order valence-electron chi connectivity index (χ3n) is 3.55. The van der Waals surface area contributed by atoms with E-state index < -0.39 is 30.5 Å². The lowest BCUT2D eigenvalue weighted by molar-refractivity contribution is -0.135. The molecule has 0 aliphatic carbocycles. The molecule has 1 aliphatic rings. The number of hydrogen-bond donors (Lipinski definition) is 2. The number of fused-ring (bicyclic) bond motifs is 1. The van der Waals surface area contributed by atoms with Crippen LogP contribution in [-0.4, -0.2) is 37.1 Å². The third-order valence-corrected chi connectivity index (χ3v) is 3.88. The molecule has 0 saturated heterocycles. The second-order valence-corrected chi connectivity index (χ2v) is 5.86. The summed E-state index contributed by atoms with van der Waals surface area (Å²) in [7, 11) is 0. The normalized spacial score (nSPS) is 14.8. The van der Waals surface area contributed by atoms with Crippen molar-refractivity contribution in [2.45, 2.75) is 6.10 Å². The molecule has 2 aromatic carbocycles.